The van der Waals surface area contributed by atoms with Crippen molar-refractivity contribution >= 4 is 36.0 Å². The van der Waals surface area contributed by atoms with Crippen molar-refractivity contribution in [2.45, 2.75) is 106 Å². The minimum Gasteiger partial charge on any atom is -0.466 e. The lowest BCUT2D eigenvalue weighted by Gasteiger charge is -2.31. The zero-order valence-corrected chi connectivity index (χ0v) is 41.3. The van der Waals surface area contributed by atoms with Crippen LogP contribution in [0.2, 0.25) is 0 Å². The molecule has 0 fully saturated rings. The van der Waals surface area contributed by atoms with Crippen molar-refractivity contribution in [3.8, 4) is 0 Å². The second-order valence-corrected chi connectivity index (χ2v) is 17.7. The van der Waals surface area contributed by atoms with Crippen LogP contribution in [0.1, 0.15) is 101 Å². The summed E-state index contributed by atoms with van der Waals surface area (Å²) in [6.07, 6.45) is 10.6. The third kappa shape index (κ3) is 9.93. The Kier molecular flexibility index (Phi) is 15.4. The van der Waals surface area contributed by atoms with Gasteiger partial charge >= 0.3 is 23.9 Å². The van der Waals surface area contributed by atoms with Crippen LogP contribution in [-0.2, 0) is 47.6 Å². The third-order valence-electron chi connectivity index (χ3n) is 12.5. The van der Waals surface area contributed by atoms with Crippen molar-refractivity contribution in [2.24, 2.45) is 0 Å². The zero-order valence-electron chi connectivity index (χ0n) is 41.3. The van der Waals surface area contributed by atoms with Gasteiger partial charge in [0.25, 0.3) is 0 Å². The molecule has 66 heavy (non-hydrogen) atoms. The van der Waals surface area contributed by atoms with Gasteiger partial charge in [0, 0.05) is 0 Å². The van der Waals surface area contributed by atoms with Crippen LogP contribution >= 0.6 is 0 Å². The number of ether oxygens (including phenoxy) is 6. The molecule has 0 radical (unpaired) electrons. The molecule has 4 aromatic carbocycles. The lowest BCUT2D eigenvalue weighted by atomic mass is 9.78. The number of carbonyl (C=O) groups excluding carboxylic acids is 4. The van der Waals surface area contributed by atoms with Crippen molar-refractivity contribution in [2.75, 3.05) is 28.4 Å². The average molecular weight is 897 g/mol. The number of aryl methyl sites for hydroxylation is 12. The number of carbonyl (C=O) groups is 4. The second-order valence-electron chi connectivity index (χ2n) is 17.7. The molecule has 2 aliphatic heterocycles. The molecule has 0 bridgehead atoms. The van der Waals surface area contributed by atoms with Crippen LogP contribution in [0, 0.1) is 83.1 Å². The normalized spacial score (nSPS) is 19.9. The van der Waals surface area contributed by atoms with Gasteiger partial charge in [-0.1, -0.05) is 82.9 Å². The first-order valence-corrected chi connectivity index (χ1v) is 21.9. The number of rotatable bonds is 10. The highest BCUT2D eigenvalue weighted by atomic mass is 16.6. The maximum atomic E-state index is 13.3. The van der Waals surface area contributed by atoms with Crippen molar-refractivity contribution in [1.29, 1.82) is 0 Å². The third-order valence-corrected chi connectivity index (χ3v) is 12.5. The SMILES string of the molecule is COC(=O)C1=C[C@@H](c2c(C)cc(C)cc2C)[C@](/C=C/c2c(C)cc(C)cc2C)(C(=O)OC)O1.COC(=O)C1=C[C@H](c2c(C)cc(C)cc2C)[C@@](/C=C/c2c(C)cc(C)cc2C)(C(=O)OC)O1. The Morgan fingerprint density at radius 1 is 0.424 bits per heavy atom. The monoisotopic (exact) mass is 896 g/mol. The minimum atomic E-state index is -1.55. The van der Waals surface area contributed by atoms with Crippen LogP contribution in [0.15, 0.2) is 84.4 Å². The topological polar surface area (TPSA) is 124 Å². The molecule has 0 aromatic heterocycles. The fourth-order valence-corrected chi connectivity index (χ4v) is 9.88. The fourth-order valence-electron chi connectivity index (χ4n) is 9.88. The number of benzene rings is 4. The van der Waals surface area contributed by atoms with Gasteiger partial charge in [0.1, 0.15) is 0 Å². The van der Waals surface area contributed by atoms with Gasteiger partial charge in [-0.2, -0.15) is 0 Å². The van der Waals surface area contributed by atoms with Gasteiger partial charge in [-0.3, -0.25) is 0 Å². The number of methoxy groups -OCH3 is 4. The molecule has 2 heterocycles. The molecule has 0 saturated heterocycles. The quantitative estimate of drug-likeness (QED) is 0.112. The summed E-state index contributed by atoms with van der Waals surface area (Å²) >= 11 is 0. The number of hydrogen-bond donors (Lipinski definition) is 0. The zero-order chi connectivity index (χ0) is 49.0. The molecule has 0 spiro atoms. The lowest BCUT2D eigenvalue weighted by molar-refractivity contribution is -0.161. The van der Waals surface area contributed by atoms with E-state index in [-0.39, 0.29) is 11.5 Å². The highest BCUT2D eigenvalue weighted by Gasteiger charge is 2.55. The Labute approximate surface area is 390 Å². The van der Waals surface area contributed by atoms with Crippen LogP contribution in [-0.4, -0.2) is 63.5 Å². The van der Waals surface area contributed by atoms with Gasteiger partial charge in [0.05, 0.1) is 40.3 Å². The van der Waals surface area contributed by atoms with Crippen LogP contribution in [0.4, 0.5) is 0 Å². The fraction of sp³-hybridized carbons (Fsp3) is 0.357. The Morgan fingerprint density at radius 2 is 0.682 bits per heavy atom. The summed E-state index contributed by atoms with van der Waals surface area (Å²) in [5.74, 6) is -3.58. The van der Waals surface area contributed by atoms with Crippen molar-refractivity contribution in [3.63, 3.8) is 0 Å². The Morgan fingerprint density at radius 3 is 0.924 bits per heavy atom. The molecule has 10 nitrogen and oxygen atoms in total. The first-order valence-electron chi connectivity index (χ1n) is 21.9. The highest BCUT2D eigenvalue weighted by molar-refractivity contribution is 5.94. The van der Waals surface area contributed by atoms with E-state index in [4.69, 9.17) is 28.4 Å². The molecule has 0 aliphatic carbocycles. The molecule has 0 unspecified atom stereocenters. The Hall–Kier alpha value is -6.68. The number of hydrogen-bond acceptors (Lipinski definition) is 10. The minimum absolute atomic E-state index is 0.00530. The summed E-state index contributed by atoms with van der Waals surface area (Å²) in [5.41, 5.74) is 13.7. The summed E-state index contributed by atoms with van der Waals surface area (Å²) in [7, 11) is 5.23. The summed E-state index contributed by atoms with van der Waals surface area (Å²) in [4.78, 5) is 51.5. The van der Waals surface area contributed by atoms with Crippen molar-refractivity contribution in [3.05, 3.63) is 173 Å². The van der Waals surface area contributed by atoms with E-state index in [1.54, 1.807) is 24.3 Å². The molecule has 10 heteroatoms. The van der Waals surface area contributed by atoms with E-state index in [1.807, 2.05) is 81.4 Å². The summed E-state index contributed by atoms with van der Waals surface area (Å²) in [6, 6.07) is 16.6. The van der Waals surface area contributed by atoms with Crippen molar-refractivity contribution < 1.29 is 47.6 Å². The largest absolute Gasteiger partial charge is 0.466 e. The first-order chi connectivity index (χ1) is 31.1. The molecular formula is C56H64O10. The second kappa shape index (κ2) is 20.2. The van der Waals surface area contributed by atoms with Crippen LogP contribution in [0.25, 0.3) is 12.2 Å². The molecule has 4 atom stereocenters. The van der Waals surface area contributed by atoms with Gasteiger partial charge in [-0.25, -0.2) is 19.2 Å². The van der Waals surface area contributed by atoms with E-state index in [0.29, 0.717) is 0 Å². The van der Waals surface area contributed by atoms with Crippen molar-refractivity contribution in [1.82, 2.24) is 0 Å². The molecule has 0 amide bonds. The highest BCUT2D eigenvalue weighted by Crippen LogP contribution is 2.48. The Bertz CT molecular complexity index is 2430. The first kappa shape index (κ1) is 50.3. The van der Waals surface area contributed by atoms with Gasteiger partial charge in [0.15, 0.2) is 0 Å². The van der Waals surface area contributed by atoms with Crippen LogP contribution < -0.4 is 0 Å². The van der Waals surface area contributed by atoms with Gasteiger partial charge in [-0.15, -0.1) is 0 Å². The van der Waals surface area contributed by atoms with Crippen LogP contribution in [0.5, 0.6) is 0 Å². The maximum Gasteiger partial charge on any atom is 0.373 e. The van der Waals surface area contributed by atoms with Gasteiger partial charge in [0.2, 0.25) is 22.7 Å². The van der Waals surface area contributed by atoms with Crippen LogP contribution in [0.3, 0.4) is 0 Å². The molecule has 0 saturated carbocycles. The number of esters is 4. The molecule has 2 aliphatic rings. The van der Waals surface area contributed by atoms with E-state index in [2.05, 4.69) is 62.4 Å². The molecule has 0 N–H and O–H groups in total. The Balaban J connectivity index is 0.000000247. The van der Waals surface area contributed by atoms with E-state index < -0.39 is 46.9 Å². The smallest absolute Gasteiger partial charge is 0.373 e. The maximum absolute atomic E-state index is 13.3. The molecule has 348 valence electrons. The average Bonchev–Trinajstić information content (AvgIpc) is 3.81. The summed E-state index contributed by atoms with van der Waals surface area (Å²) in [5, 5.41) is 0. The predicted octanol–water partition coefficient (Wildman–Crippen LogP) is 10.7. The molecule has 4 aromatic rings. The lowest BCUT2D eigenvalue weighted by Crippen LogP contribution is -2.43. The molecule has 6 rings (SSSR count). The predicted molar refractivity (Wildman–Crippen MR) is 258 cm³/mol. The van der Waals surface area contributed by atoms with E-state index in [1.165, 1.54) is 39.6 Å². The van der Waals surface area contributed by atoms with E-state index >= 15 is 0 Å². The standard InChI is InChI=1S/2C28H32O5/c2*1-16-11-18(3)22(19(4)12-16)9-10-28(27(30)32-8)23(15-24(33-28)26(29)31-7)25-20(5)13-17(2)14-21(25)6/h2*9-15,23H,1-8H3/b2*10-9+/t2*23-,28+/m10/s1. The summed E-state index contributed by atoms with van der Waals surface area (Å²) < 4.78 is 32.5. The van der Waals surface area contributed by atoms with E-state index in [0.717, 1.165) is 77.9 Å². The van der Waals surface area contributed by atoms with E-state index in [9.17, 15) is 19.2 Å². The van der Waals surface area contributed by atoms with Gasteiger partial charge in [-0.05, 0) is 174 Å². The molecular weight excluding hydrogens is 833 g/mol. The van der Waals surface area contributed by atoms with Gasteiger partial charge < -0.3 is 28.4 Å². The summed E-state index contributed by atoms with van der Waals surface area (Å²) in [6.45, 7) is 24.3.